The molecule has 0 heterocycles. The van der Waals surface area contributed by atoms with Gasteiger partial charge in [-0.25, -0.2) is 0 Å². The van der Waals surface area contributed by atoms with E-state index < -0.39 is 6.04 Å². The van der Waals surface area contributed by atoms with Crippen LogP contribution in [0, 0.1) is 18.8 Å². The molecular weight excluding hydrogens is 290 g/mol. The highest BCUT2D eigenvalue weighted by Gasteiger charge is 2.33. The molecule has 5 nitrogen and oxygen atoms in total. The number of nitrogens with two attached hydrogens (primary N) is 1. The van der Waals surface area contributed by atoms with Gasteiger partial charge in [0.25, 0.3) is 5.91 Å². The molecule has 2 atom stereocenters. The van der Waals surface area contributed by atoms with Crippen LogP contribution >= 0.6 is 0 Å². The van der Waals surface area contributed by atoms with Crippen LogP contribution in [-0.4, -0.2) is 30.4 Å². The molecular formula is C18H27N3O2. The Labute approximate surface area is 138 Å². The maximum absolute atomic E-state index is 12.5. The summed E-state index contributed by atoms with van der Waals surface area (Å²) in [7, 11) is 0. The molecule has 0 saturated heterocycles. The summed E-state index contributed by atoms with van der Waals surface area (Å²) in [5, 5.41) is 5.86. The Bertz CT molecular complexity index is 567. The van der Waals surface area contributed by atoms with Crippen LogP contribution in [0.4, 0.5) is 0 Å². The third kappa shape index (κ3) is 4.79. The second kappa shape index (κ2) is 7.59. The summed E-state index contributed by atoms with van der Waals surface area (Å²) in [6.45, 7) is 6.22. The van der Waals surface area contributed by atoms with Crippen molar-refractivity contribution in [1.29, 1.82) is 0 Å². The quantitative estimate of drug-likeness (QED) is 0.714. The number of nitrogens with one attached hydrogen (secondary N) is 2. The van der Waals surface area contributed by atoms with Crippen molar-refractivity contribution in [2.75, 3.05) is 6.54 Å². The van der Waals surface area contributed by atoms with Gasteiger partial charge in [0.15, 0.2) is 0 Å². The topological polar surface area (TPSA) is 84.2 Å². The fourth-order valence-corrected chi connectivity index (χ4v) is 2.69. The third-order valence-corrected chi connectivity index (χ3v) is 4.29. The number of amides is 2. The van der Waals surface area contributed by atoms with Crippen molar-refractivity contribution in [3.63, 3.8) is 0 Å². The molecule has 2 unspecified atom stereocenters. The average molecular weight is 317 g/mol. The van der Waals surface area contributed by atoms with Gasteiger partial charge in [-0.15, -0.1) is 0 Å². The van der Waals surface area contributed by atoms with Gasteiger partial charge in [0, 0.05) is 18.2 Å². The molecule has 1 aromatic carbocycles. The molecule has 1 aliphatic rings. The Morgan fingerprint density at radius 2 is 1.96 bits per heavy atom. The van der Waals surface area contributed by atoms with Crippen molar-refractivity contribution in [1.82, 2.24) is 10.6 Å². The van der Waals surface area contributed by atoms with Crippen LogP contribution in [0.1, 0.15) is 42.6 Å². The molecule has 23 heavy (non-hydrogen) atoms. The summed E-state index contributed by atoms with van der Waals surface area (Å²) in [6.07, 6.45) is 2.23. The molecule has 0 aliphatic heterocycles. The van der Waals surface area contributed by atoms with Gasteiger partial charge in [-0.05, 0) is 43.7 Å². The predicted octanol–water partition coefficient (Wildman–Crippen LogP) is 1.60. The molecule has 0 aromatic heterocycles. The number of hydrogen-bond acceptors (Lipinski definition) is 3. The summed E-state index contributed by atoms with van der Waals surface area (Å²) in [5.74, 6) is 0.118. The van der Waals surface area contributed by atoms with Crippen molar-refractivity contribution in [2.45, 2.75) is 45.7 Å². The molecule has 1 aliphatic carbocycles. The monoisotopic (exact) mass is 317 g/mol. The second-order valence-corrected chi connectivity index (χ2v) is 6.75. The normalized spacial score (nSPS) is 16.7. The Hall–Kier alpha value is -1.88. The zero-order valence-corrected chi connectivity index (χ0v) is 14.1. The number of benzene rings is 1. The SMILES string of the molecule is Cc1cccc(C(=O)NC(C(=O)NC(CN)C2CC2)C(C)C)c1. The number of aryl methyl sites for hydroxylation is 1. The molecule has 1 saturated carbocycles. The molecule has 1 fully saturated rings. The molecule has 5 heteroatoms. The molecule has 2 rings (SSSR count). The lowest BCUT2D eigenvalue weighted by Gasteiger charge is -2.25. The first-order chi connectivity index (χ1) is 10.9. The lowest BCUT2D eigenvalue weighted by molar-refractivity contribution is -0.124. The number of carbonyl (C=O) groups is 2. The van der Waals surface area contributed by atoms with Crippen molar-refractivity contribution >= 4 is 11.8 Å². The summed E-state index contributed by atoms with van der Waals surface area (Å²) >= 11 is 0. The lowest BCUT2D eigenvalue weighted by atomic mass is 10.0. The molecule has 0 radical (unpaired) electrons. The smallest absolute Gasteiger partial charge is 0.251 e. The van der Waals surface area contributed by atoms with E-state index in [4.69, 9.17) is 5.73 Å². The van der Waals surface area contributed by atoms with E-state index in [-0.39, 0.29) is 23.8 Å². The van der Waals surface area contributed by atoms with Crippen LogP contribution < -0.4 is 16.4 Å². The minimum Gasteiger partial charge on any atom is -0.350 e. The first-order valence-electron chi connectivity index (χ1n) is 8.30. The van der Waals surface area contributed by atoms with Gasteiger partial charge in [-0.3, -0.25) is 9.59 Å². The van der Waals surface area contributed by atoms with E-state index >= 15 is 0 Å². The standard InChI is InChI=1S/C18H27N3O2/c1-11(2)16(18(23)20-15(10-19)13-7-8-13)21-17(22)14-6-4-5-12(3)9-14/h4-6,9,11,13,15-16H,7-8,10,19H2,1-3H3,(H,20,23)(H,21,22). The first kappa shape index (κ1) is 17.5. The van der Waals surface area contributed by atoms with Gasteiger partial charge in [0.2, 0.25) is 5.91 Å². The van der Waals surface area contributed by atoms with E-state index in [9.17, 15) is 9.59 Å². The van der Waals surface area contributed by atoms with Crippen molar-refractivity contribution in [3.8, 4) is 0 Å². The number of rotatable bonds is 7. The highest BCUT2D eigenvalue weighted by atomic mass is 16.2. The van der Waals surface area contributed by atoms with Gasteiger partial charge in [-0.1, -0.05) is 31.5 Å². The van der Waals surface area contributed by atoms with Crippen LogP contribution in [0.5, 0.6) is 0 Å². The summed E-state index contributed by atoms with van der Waals surface area (Å²) in [5.41, 5.74) is 7.33. The van der Waals surface area contributed by atoms with Gasteiger partial charge >= 0.3 is 0 Å². The van der Waals surface area contributed by atoms with Crippen LogP contribution in [0.15, 0.2) is 24.3 Å². The van der Waals surface area contributed by atoms with Gasteiger partial charge in [0.1, 0.15) is 6.04 Å². The van der Waals surface area contributed by atoms with Gasteiger partial charge in [0.05, 0.1) is 0 Å². The first-order valence-corrected chi connectivity index (χ1v) is 8.30. The molecule has 1 aromatic rings. The third-order valence-electron chi connectivity index (χ3n) is 4.29. The highest BCUT2D eigenvalue weighted by Crippen LogP contribution is 2.32. The second-order valence-electron chi connectivity index (χ2n) is 6.75. The van der Waals surface area contributed by atoms with E-state index in [1.54, 1.807) is 6.07 Å². The van der Waals surface area contributed by atoms with Crippen LogP contribution in [0.3, 0.4) is 0 Å². The Morgan fingerprint density at radius 1 is 1.26 bits per heavy atom. The minimum atomic E-state index is -0.559. The molecule has 4 N–H and O–H groups in total. The fraction of sp³-hybridized carbons (Fsp3) is 0.556. The fourth-order valence-electron chi connectivity index (χ4n) is 2.69. The van der Waals surface area contributed by atoms with Crippen LogP contribution in [0.2, 0.25) is 0 Å². The van der Waals surface area contributed by atoms with E-state index in [0.717, 1.165) is 18.4 Å². The number of hydrogen-bond donors (Lipinski definition) is 3. The van der Waals surface area contributed by atoms with E-state index in [0.29, 0.717) is 18.0 Å². The molecule has 0 bridgehead atoms. The maximum Gasteiger partial charge on any atom is 0.251 e. The molecule has 0 spiro atoms. The zero-order valence-electron chi connectivity index (χ0n) is 14.1. The summed E-state index contributed by atoms with van der Waals surface area (Å²) in [6, 6.07) is 6.80. The Balaban J connectivity index is 2.02. The molecule has 126 valence electrons. The zero-order chi connectivity index (χ0) is 17.0. The lowest BCUT2D eigenvalue weighted by Crippen LogP contribution is -2.54. The van der Waals surface area contributed by atoms with Gasteiger partial charge in [-0.2, -0.15) is 0 Å². The van der Waals surface area contributed by atoms with Crippen molar-refractivity contribution in [2.24, 2.45) is 17.6 Å². The van der Waals surface area contributed by atoms with Crippen molar-refractivity contribution < 1.29 is 9.59 Å². The van der Waals surface area contributed by atoms with E-state index in [1.807, 2.05) is 39.0 Å². The largest absolute Gasteiger partial charge is 0.350 e. The Kier molecular flexibility index (Phi) is 5.77. The Morgan fingerprint density at radius 3 is 2.48 bits per heavy atom. The maximum atomic E-state index is 12.5. The summed E-state index contributed by atoms with van der Waals surface area (Å²) in [4.78, 5) is 24.9. The van der Waals surface area contributed by atoms with Gasteiger partial charge < -0.3 is 16.4 Å². The van der Waals surface area contributed by atoms with Crippen molar-refractivity contribution in [3.05, 3.63) is 35.4 Å². The average Bonchev–Trinajstić information content (AvgIpc) is 3.34. The van der Waals surface area contributed by atoms with E-state index in [1.165, 1.54) is 0 Å². The van der Waals surface area contributed by atoms with E-state index in [2.05, 4.69) is 10.6 Å². The van der Waals surface area contributed by atoms with Crippen LogP contribution in [-0.2, 0) is 4.79 Å². The predicted molar refractivity (Wildman–Crippen MR) is 91.0 cm³/mol. The molecule has 2 amide bonds. The van der Waals surface area contributed by atoms with Crippen LogP contribution in [0.25, 0.3) is 0 Å². The minimum absolute atomic E-state index is 0.00128. The highest BCUT2D eigenvalue weighted by molar-refractivity contribution is 5.97. The number of carbonyl (C=O) groups excluding carboxylic acids is 2. The summed E-state index contributed by atoms with van der Waals surface area (Å²) < 4.78 is 0.